The number of aromatic amines is 1. The third-order valence-corrected chi connectivity index (χ3v) is 4.98. The van der Waals surface area contributed by atoms with Crippen molar-refractivity contribution in [3.63, 3.8) is 0 Å². The number of nitrogens with zero attached hydrogens (tertiary/aromatic N) is 2. The fraction of sp³-hybridized carbons (Fsp3) is 0.130. The number of carbonyl (C=O) groups excluding carboxylic acids is 1. The van der Waals surface area contributed by atoms with Gasteiger partial charge in [-0.25, -0.2) is 9.59 Å². The molecule has 0 aliphatic rings. The van der Waals surface area contributed by atoms with Crippen LogP contribution in [0.3, 0.4) is 0 Å². The van der Waals surface area contributed by atoms with Gasteiger partial charge in [-0.3, -0.25) is 4.57 Å². The van der Waals surface area contributed by atoms with Crippen molar-refractivity contribution >= 4 is 22.5 Å². The van der Waals surface area contributed by atoms with Gasteiger partial charge < -0.3 is 15.2 Å². The maximum atomic E-state index is 12.9. The largest absolute Gasteiger partial charge is 0.330 e. The maximum Gasteiger partial charge on any atom is 0.330 e. The van der Waals surface area contributed by atoms with Crippen LogP contribution in [0.25, 0.3) is 16.5 Å². The zero-order chi connectivity index (χ0) is 20.4. The number of aromatic nitrogens is 2. The molecular formula is C23H22N4O2. The van der Waals surface area contributed by atoms with Crippen LogP contribution in [0.15, 0.2) is 77.7 Å². The summed E-state index contributed by atoms with van der Waals surface area (Å²) in [6.07, 6.45) is 1.65. The van der Waals surface area contributed by atoms with Crippen molar-refractivity contribution in [2.24, 2.45) is 0 Å². The first-order valence-corrected chi connectivity index (χ1v) is 9.40. The van der Waals surface area contributed by atoms with E-state index < -0.39 is 0 Å². The summed E-state index contributed by atoms with van der Waals surface area (Å²) in [7, 11) is 1.76. The molecule has 146 valence electrons. The zero-order valence-electron chi connectivity index (χ0n) is 16.3. The van der Waals surface area contributed by atoms with Crippen molar-refractivity contribution in [2.75, 3.05) is 12.4 Å². The predicted octanol–water partition coefficient (Wildman–Crippen LogP) is 4.29. The summed E-state index contributed by atoms with van der Waals surface area (Å²) >= 11 is 0. The van der Waals surface area contributed by atoms with Crippen molar-refractivity contribution in [3.05, 3.63) is 94.7 Å². The Morgan fingerprint density at radius 2 is 1.76 bits per heavy atom. The summed E-state index contributed by atoms with van der Waals surface area (Å²) in [4.78, 5) is 29.3. The van der Waals surface area contributed by atoms with E-state index in [9.17, 15) is 9.59 Å². The van der Waals surface area contributed by atoms with Crippen LogP contribution in [-0.4, -0.2) is 27.5 Å². The molecule has 2 N–H and O–H groups in total. The summed E-state index contributed by atoms with van der Waals surface area (Å²) in [5.41, 5.74) is 2.80. The van der Waals surface area contributed by atoms with Crippen molar-refractivity contribution in [1.82, 2.24) is 14.5 Å². The molecule has 0 saturated carbocycles. The molecule has 0 bridgehead atoms. The number of rotatable bonds is 4. The number of fused-ring (bicyclic) bond motifs is 1. The second kappa shape index (κ2) is 7.67. The molecule has 0 radical (unpaired) electrons. The van der Waals surface area contributed by atoms with Crippen LogP contribution < -0.4 is 11.0 Å². The lowest BCUT2D eigenvalue weighted by Gasteiger charge is -2.20. The average molecular weight is 386 g/mol. The molecule has 4 rings (SSSR count). The second-order valence-corrected chi connectivity index (χ2v) is 7.01. The number of aryl methyl sites for hydroxylation is 1. The van der Waals surface area contributed by atoms with Crippen LogP contribution in [0.1, 0.15) is 11.3 Å². The van der Waals surface area contributed by atoms with Crippen molar-refractivity contribution < 1.29 is 4.79 Å². The Labute approximate surface area is 168 Å². The van der Waals surface area contributed by atoms with Crippen LogP contribution in [-0.2, 0) is 6.54 Å². The van der Waals surface area contributed by atoms with Crippen LogP contribution in [0.4, 0.5) is 10.5 Å². The summed E-state index contributed by atoms with van der Waals surface area (Å²) in [5.74, 6) is 0. The van der Waals surface area contributed by atoms with Crippen molar-refractivity contribution in [1.29, 1.82) is 0 Å². The SMILES string of the molecule is Cc1c[nH]c(=O)n1-c1ccccc1NC(=O)N(C)Cc1cccc2ccccc12. The van der Waals surface area contributed by atoms with Crippen LogP contribution in [0.5, 0.6) is 0 Å². The lowest BCUT2D eigenvalue weighted by atomic mass is 10.0. The van der Waals surface area contributed by atoms with E-state index >= 15 is 0 Å². The van der Waals surface area contributed by atoms with Gasteiger partial charge >= 0.3 is 11.7 Å². The molecule has 1 heterocycles. The van der Waals surface area contributed by atoms with Gasteiger partial charge in [-0.05, 0) is 35.4 Å². The fourth-order valence-corrected chi connectivity index (χ4v) is 3.50. The molecule has 6 nitrogen and oxygen atoms in total. The molecule has 1 aromatic heterocycles. The number of anilines is 1. The molecule has 29 heavy (non-hydrogen) atoms. The van der Waals surface area contributed by atoms with Gasteiger partial charge in [0.25, 0.3) is 0 Å². The Balaban J connectivity index is 1.58. The van der Waals surface area contributed by atoms with Gasteiger partial charge in [-0.2, -0.15) is 0 Å². The van der Waals surface area contributed by atoms with Gasteiger partial charge in [0.15, 0.2) is 0 Å². The van der Waals surface area contributed by atoms with E-state index in [0.29, 0.717) is 17.9 Å². The Morgan fingerprint density at radius 1 is 1.03 bits per heavy atom. The van der Waals surface area contributed by atoms with Crippen LogP contribution in [0, 0.1) is 6.92 Å². The normalized spacial score (nSPS) is 10.8. The molecule has 0 unspecified atom stereocenters. The number of hydrogen-bond donors (Lipinski definition) is 2. The van der Waals surface area contributed by atoms with E-state index in [2.05, 4.69) is 28.5 Å². The highest BCUT2D eigenvalue weighted by atomic mass is 16.2. The number of benzene rings is 3. The predicted molar refractivity (Wildman–Crippen MR) is 116 cm³/mol. The molecule has 0 atom stereocenters. The first kappa shape index (κ1) is 18.6. The highest BCUT2D eigenvalue weighted by Gasteiger charge is 2.15. The van der Waals surface area contributed by atoms with Gasteiger partial charge in [-0.15, -0.1) is 0 Å². The Hall–Kier alpha value is -3.80. The third kappa shape index (κ3) is 3.65. The number of urea groups is 1. The third-order valence-electron chi connectivity index (χ3n) is 4.98. The number of nitrogens with one attached hydrogen (secondary N) is 2. The van der Waals surface area contributed by atoms with Gasteiger partial charge in [0.1, 0.15) is 0 Å². The molecule has 4 aromatic rings. The zero-order valence-corrected chi connectivity index (χ0v) is 16.3. The van der Waals surface area contributed by atoms with Crippen molar-refractivity contribution in [3.8, 4) is 5.69 Å². The van der Waals surface area contributed by atoms with E-state index in [-0.39, 0.29) is 11.7 Å². The first-order chi connectivity index (χ1) is 14.0. The lowest BCUT2D eigenvalue weighted by molar-refractivity contribution is 0.221. The van der Waals surface area contributed by atoms with E-state index in [0.717, 1.165) is 22.0 Å². The minimum Gasteiger partial charge on any atom is -0.323 e. The summed E-state index contributed by atoms with van der Waals surface area (Å²) in [6.45, 7) is 2.31. The molecule has 0 aliphatic carbocycles. The van der Waals surface area contributed by atoms with Crippen molar-refractivity contribution in [2.45, 2.75) is 13.5 Å². The fourth-order valence-electron chi connectivity index (χ4n) is 3.50. The van der Waals surface area contributed by atoms with Crippen LogP contribution in [0.2, 0.25) is 0 Å². The Kier molecular flexibility index (Phi) is 4.91. The smallest absolute Gasteiger partial charge is 0.323 e. The van der Waals surface area contributed by atoms with Gasteiger partial charge in [0, 0.05) is 25.5 Å². The number of hydrogen-bond acceptors (Lipinski definition) is 2. The van der Waals surface area contributed by atoms with E-state index in [1.54, 1.807) is 28.8 Å². The Bertz CT molecular complexity index is 1230. The number of amides is 2. The molecule has 0 spiro atoms. The summed E-state index contributed by atoms with van der Waals surface area (Å²) in [6, 6.07) is 21.2. The number of H-pyrrole nitrogens is 1. The minimum atomic E-state index is -0.244. The summed E-state index contributed by atoms with van der Waals surface area (Å²) in [5, 5.41) is 5.21. The average Bonchev–Trinajstić information content (AvgIpc) is 3.06. The van der Waals surface area contributed by atoms with Gasteiger partial charge in [-0.1, -0.05) is 54.6 Å². The highest BCUT2D eigenvalue weighted by molar-refractivity contribution is 5.92. The molecule has 0 saturated heterocycles. The maximum absolute atomic E-state index is 12.9. The van der Waals surface area contributed by atoms with E-state index in [1.165, 1.54) is 0 Å². The lowest BCUT2D eigenvalue weighted by Crippen LogP contribution is -2.31. The second-order valence-electron chi connectivity index (χ2n) is 7.01. The minimum absolute atomic E-state index is 0.242. The monoisotopic (exact) mass is 386 g/mol. The quantitative estimate of drug-likeness (QED) is 0.549. The number of carbonyl (C=O) groups is 1. The Morgan fingerprint density at radius 3 is 2.55 bits per heavy atom. The molecular weight excluding hydrogens is 364 g/mol. The summed E-state index contributed by atoms with van der Waals surface area (Å²) < 4.78 is 1.54. The van der Waals surface area contributed by atoms with E-state index in [4.69, 9.17) is 0 Å². The first-order valence-electron chi connectivity index (χ1n) is 9.40. The molecule has 0 aliphatic heterocycles. The molecule has 6 heteroatoms. The number of para-hydroxylation sites is 2. The van der Waals surface area contributed by atoms with Gasteiger partial charge in [0.05, 0.1) is 11.4 Å². The highest BCUT2D eigenvalue weighted by Crippen LogP contribution is 2.22. The molecule has 0 fully saturated rings. The van der Waals surface area contributed by atoms with Crippen LogP contribution >= 0.6 is 0 Å². The molecule has 2 amide bonds. The van der Waals surface area contributed by atoms with E-state index in [1.807, 2.05) is 49.4 Å². The standard InChI is InChI=1S/C23H22N4O2/c1-16-14-24-22(28)27(16)21-13-6-5-12-20(21)25-23(29)26(2)15-18-10-7-9-17-8-3-4-11-19(17)18/h3-14H,15H2,1-2H3,(H,24,28)(H,25,29). The van der Waals surface area contributed by atoms with Gasteiger partial charge in [0.2, 0.25) is 0 Å². The topological polar surface area (TPSA) is 70.1 Å². The molecule has 3 aromatic carbocycles. The number of imidazole rings is 1.